The van der Waals surface area contributed by atoms with Crippen LogP contribution < -0.4 is 4.90 Å². The highest BCUT2D eigenvalue weighted by molar-refractivity contribution is 5.81. The predicted molar refractivity (Wildman–Crippen MR) is 118 cm³/mol. The third-order valence-corrected chi connectivity index (χ3v) is 6.45. The maximum atomic E-state index is 13.5. The van der Waals surface area contributed by atoms with Gasteiger partial charge in [0, 0.05) is 49.2 Å². The highest BCUT2D eigenvalue weighted by Gasteiger charge is 2.31. The van der Waals surface area contributed by atoms with Gasteiger partial charge in [-0.3, -0.25) is 9.88 Å². The maximum absolute atomic E-state index is 13.5. The number of anilines is 1. The van der Waals surface area contributed by atoms with Crippen molar-refractivity contribution in [3.05, 3.63) is 66.7 Å². The number of fused-ring (bicyclic) bond motifs is 2. The van der Waals surface area contributed by atoms with Crippen LogP contribution in [0.15, 0.2) is 60.9 Å². The van der Waals surface area contributed by atoms with Gasteiger partial charge in [-0.05, 0) is 67.9 Å². The molecule has 0 radical (unpaired) electrons. The summed E-state index contributed by atoms with van der Waals surface area (Å²) in [7, 11) is 0. The van der Waals surface area contributed by atoms with E-state index >= 15 is 0 Å². The molecular weight excluding hydrogens is 391 g/mol. The third-order valence-electron chi connectivity index (χ3n) is 6.45. The Morgan fingerprint density at radius 1 is 0.871 bits per heavy atom. The minimum Gasteiger partial charge on any atom is -0.352 e. The maximum Gasteiger partial charge on any atom is 0.155 e. The minimum atomic E-state index is -0.260. The summed E-state index contributed by atoms with van der Waals surface area (Å²) in [6.07, 6.45) is 6.10. The Morgan fingerprint density at radius 2 is 1.71 bits per heavy atom. The van der Waals surface area contributed by atoms with Crippen molar-refractivity contribution in [3.63, 3.8) is 0 Å². The summed E-state index contributed by atoms with van der Waals surface area (Å²) >= 11 is 0. The Balaban J connectivity index is 1.48. The van der Waals surface area contributed by atoms with Crippen molar-refractivity contribution in [3.8, 4) is 22.5 Å². The summed E-state index contributed by atoms with van der Waals surface area (Å²) < 4.78 is 15.4. The summed E-state index contributed by atoms with van der Waals surface area (Å²) in [4.78, 5) is 14.0. The molecule has 5 heterocycles. The van der Waals surface area contributed by atoms with Gasteiger partial charge in [-0.1, -0.05) is 0 Å². The second kappa shape index (κ2) is 7.42. The molecule has 2 aliphatic heterocycles. The van der Waals surface area contributed by atoms with E-state index in [9.17, 15) is 4.39 Å². The molecule has 0 N–H and O–H groups in total. The Morgan fingerprint density at radius 3 is 2.55 bits per heavy atom. The summed E-state index contributed by atoms with van der Waals surface area (Å²) in [6.45, 7) is 4.31. The molecule has 0 bridgehead atoms. The first-order valence-electron chi connectivity index (χ1n) is 10.8. The lowest BCUT2D eigenvalue weighted by Crippen LogP contribution is -2.50. The molecule has 3 aromatic heterocycles. The van der Waals surface area contributed by atoms with Crippen molar-refractivity contribution in [2.24, 2.45) is 0 Å². The van der Waals surface area contributed by atoms with Crippen LogP contribution in [0, 0.1) is 5.82 Å². The molecule has 2 saturated heterocycles. The molecule has 6 rings (SSSR count). The Hall–Kier alpha value is -3.32. The largest absolute Gasteiger partial charge is 0.352 e. The molecule has 2 fully saturated rings. The van der Waals surface area contributed by atoms with Crippen LogP contribution in [0.1, 0.15) is 12.8 Å². The van der Waals surface area contributed by atoms with Crippen LogP contribution in [0.25, 0.3) is 28.2 Å². The molecule has 1 aromatic carbocycles. The van der Waals surface area contributed by atoms with Crippen LogP contribution in [0.3, 0.4) is 0 Å². The lowest BCUT2D eigenvalue weighted by molar-refractivity contribution is 0.230. The number of benzene rings is 1. The fraction of sp³-hybridized carbons (Fsp3) is 0.292. The SMILES string of the molecule is Fc1ccc(-c2nc3ccc(N4CCN5CCCC5C4)nn3c2-c2ccncc2)cc1. The predicted octanol–water partition coefficient (Wildman–Crippen LogP) is 3.88. The van der Waals surface area contributed by atoms with E-state index < -0.39 is 0 Å². The standard InChI is InChI=1S/C24H23FN6/c25-19-5-3-17(4-6-19)23-24(18-9-11-26-12-10-18)31-21(27-23)7-8-22(28-31)30-15-14-29-13-1-2-20(29)16-30/h3-12,20H,1-2,13-16H2. The topological polar surface area (TPSA) is 49.6 Å². The second-order valence-corrected chi connectivity index (χ2v) is 8.29. The number of piperazine rings is 1. The number of nitrogens with zero attached hydrogens (tertiary/aromatic N) is 6. The van der Waals surface area contributed by atoms with Gasteiger partial charge in [0.15, 0.2) is 5.65 Å². The fourth-order valence-corrected chi connectivity index (χ4v) is 4.87. The zero-order valence-corrected chi connectivity index (χ0v) is 17.2. The highest BCUT2D eigenvalue weighted by Crippen LogP contribution is 2.33. The fourth-order valence-electron chi connectivity index (χ4n) is 4.87. The van der Waals surface area contributed by atoms with Crippen LogP contribution in [0.4, 0.5) is 10.2 Å². The minimum absolute atomic E-state index is 0.260. The first-order chi connectivity index (χ1) is 15.3. The van der Waals surface area contributed by atoms with Crippen molar-refractivity contribution in [1.29, 1.82) is 0 Å². The van der Waals surface area contributed by atoms with E-state index in [2.05, 4.69) is 20.9 Å². The third kappa shape index (κ3) is 3.25. The van der Waals surface area contributed by atoms with Gasteiger partial charge in [-0.15, -0.1) is 5.10 Å². The molecule has 31 heavy (non-hydrogen) atoms. The molecule has 0 aliphatic carbocycles. The van der Waals surface area contributed by atoms with Gasteiger partial charge in [0.25, 0.3) is 0 Å². The average molecular weight is 414 g/mol. The molecule has 0 spiro atoms. The van der Waals surface area contributed by atoms with E-state index in [0.717, 1.165) is 53.6 Å². The molecule has 6 nitrogen and oxygen atoms in total. The molecule has 2 aliphatic rings. The number of hydrogen-bond donors (Lipinski definition) is 0. The van der Waals surface area contributed by atoms with Crippen molar-refractivity contribution in [1.82, 2.24) is 24.5 Å². The number of imidazole rings is 1. The number of halogens is 1. The summed E-state index contributed by atoms with van der Waals surface area (Å²) in [5.41, 5.74) is 4.29. The van der Waals surface area contributed by atoms with E-state index in [4.69, 9.17) is 10.1 Å². The molecular formula is C24H23FN6. The van der Waals surface area contributed by atoms with Crippen molar-refractivity contribution < 1.29 is 4.39 Å². The number of rotatable bonds is 3. The van der Waals surface area contributed by atoms with E-state index in [1.54, 1.807) is 24.5 Å². The quantitative estimate of drug-likeness (QED) is 0.509. The Kier molecular flexibility index (Phi) is 4.42. The molecule has 156 valence electrons. The molecule has 1 atom stereocenters. The van der Waals surface area contributed by atoms with Gasteiger partial charge >= 0.3 is 0 Å². The lowest BCUT2D eigenvalue weighted by Gasteiger charge is -2.38. The Bertz CT molecular complexity index is 1220. The van der Waals surface area contributed by atoms with Crippen LogP contribution in [0.5, 0.6) is 0 Å². The zero-order valence-electron chi connectivity index (χ0n) is 17.2. The van der Waals surface area contributed by atoms with E-state index in [1.165, 1.54) is 31.5 Å². The average Bonchev–Trinajstić information content (AvgIpc) is 3.43. The van der Waals surface area contributed by atoms with Crippen molar-refractivity contribution >= 4 is 11.5 Å². The number of pyridine rings is 1. The van der Waals surface area contributed by atoms with Crippen molar-refractivity contribution in [2.75, 3.05) is 31.1 Å². The lowest BCUT2D eigenvalue weighted by atomic mass is 10.1. The van der Waals surface area contributed by atoms with Gasteiger partial charge < -0.3 is 4.90 Å². The molecule has 1 unspecified atom stereocenters. The van der Waals surface area contributed by atoms with Crippen molar-refractivity contribution in [2.45, 2.75) is 18.9 Å². The van der Waals surface area contributed by atoms with Gasteiger partial charge in [0.1, 0.15) is 17.3 Å². The zero-order chi connectivity index (χ0) is 20.8. The van der Waals surface area contributed by atoms with E-state index in [-0.39, 0.29) is 5.82 Å². The number of aromatic nitrogens is 4. The molecule has 4 aromatic rings. The van der Waals surface area contributed by atoms with Gasteiger partial charge in [0.2, 0.25) is 0 Å². The van der Waals surface area contributed by atoms with E-state index in [0.29, 0.717) is 6.04 Å². The van der Waals surface area contributed by atoms with Crippen LogP contribution in [-0.4, -0.2) is 56.7 Å². The Labute approximate surface area is 180 Å². The first kappa shape index (κ1) is 18.4. The number of hydrogen-bond acceptors (Lipinski definition) is 5. The van der Waals surface area contributed by atoms with Crippen LogP contribution in [0.2, 0.25) is 0 Å². The second-order valence-electron chi connectivity index (χ2n) is 8.29. The highest BCUT2D eigenvalue weighted by atomic mass is 19.1. The summed E-state index contributed by atoms with van der Waals surface area (Å²) in [6, 6.07) is 15.1. The van der Waals surface area contributed by atoms with Gasteiger partial charge in [-0.25, -0.2) is 13.9 Å². The summed E-state index contributed by atoms with van der Waals surface area (Å²) in [5, 5.41) is 5.02. The molecule has 7 heteroatoms. The molecule has 0 amide bonds. The monoisotopic (exact) mass is 414 g/mol. The van der Waals surface area contributed by atoms with Gasteiger partial charge in [-0.2, -0.15) is 0 Å². The normalized spacial score (nSPS) is 19.1. The van der Waals surface area contributed by atoms with E-state index in [1.807, 2.05) is 22.7 Å². The van der Waals surface area contributed by atoms with Crippen LogP contribution >= 0.6 is 0 Å². The summed E-state index contributed by atoms with van der Waals surface area (Å²) in [5.74, 6) is 0.710. The first-order valence-corrected chi connectivity index (χ1v) is 10.8. The van der Waals surface area contributed by atoms with Gasteiger partial charge in [0.05, 0.1) is 5.69 Å². The smallest absolute Gasteiger partial charge is 0.155 e. The molecule has 0 saturated carbocycles. The van der Waals surface area contributed by atoms with Crippen LogP contribution in [-0.2, 0) is 0 Å².